The summed E-state index contributed by atoms with van der Waals surface area (Å²) in [5.74, 6) is -0.815. The Labute approximate surface area is 166 Å². The fourth-order valence-corrected chi connectivity index (χ4v) is 4.56. The van der Waals surface area contributed by atoms with E-state index in [2.05, 4.69) is 16.7 Å². The summed E-state index contributed by atoms with van der Waals surface area (Å²) in [5, 5.41) is 12.3. The molecular weight excluding hydrogens is 378 g/mol. The molecule has 1 heterocycles. The molecule has 0 radical (unpaired) electrons. The molecule has 4 aromatic rings. The van der Waals surface area contributed by atoms with Crippen molar-refractivity contribution >= 4 is 51.1 Å². The van der Waals surface area contributed by atoms with Gasteiger partial charge in [0.1, 0.15) is 0 Å². The van der Waals surface area contributed by atoms with Gasteiger partial charge >= 0.3 is 5.97 Å². The van der Waals surface area contributed by atoms with Crippen molar-refractivity contribution in [2.45, 2.75) is 17.9 Å². The second kappa shape index (κ2) is 7.29. The van der Waals surface area contributed by atoms with Gasteiger partial charge in [0, 0.05) is 32.8 Å². The van der Waals surface area contributed by atoms with E-state index in [0.29, 0.717) is 6.54 Å². The molecule has 4 rings (SSSR count). The van der Waals surface area contributed by atoms with Gasteiger partial charge in [-0.3, -0.25) is 4.79 Å². The molecule has 0 bridgehead atoms. The number of carbonyl (C=O) groups is 1. The smallest absolute Gasteiger partial charge is 0.307 e. The van der Waals surface area contributed by atoms with Crippen LogP contribution < -0.4 is 0 Å². The van der Waals surface area contributed by atoms with Gasteiger partial charge in [-0.2, -0.15) is 0 Å². The first-order valence-corrected chi connectivity index (χ1v) is 10.2. The Morgan fingerprint density at radius 2 is 1.78 bits per heavy atom. The Balaban J connectivity index is 2.00. The van der Waals surface area contributed by atoms with Gasteiger partial charge in [0.2, 0.25) is 0 Å². The number of hydrogen-bond donors (Lipinski definition) is 1. The minimum Gasteiger partial charge on any atom is -0.481 e. The highest BCUT2D eigenvalue weighted by Gasteiger charge is 2.17. The zero-order valence-electron chi connectivity index (χ0n) is 14.8. The number of benzene rings is 3. The molecule has 0 aliphatic heterocycles. The number of thioether (sulfide) groups is 1. The molecule has 0 amide bonds. The van der Waals surface area contributed by atoms with Crippen molar-refractivity contribution in [3.63, 3.8) is 0 Å². The van der Waals surface area contributed by atoms with Crippen LogP contribution in [-0.4, -0.2) is 21.9 Å². The molecule has 0 aliphatic rings. The summed E-state index contributed by atoms with van der Waals surface area (Å²) < 4.78 is 2.28. The second-order valence-electron chi connectivity index (χ2n) is 6.45. The predicted molar refractivity (Wildman–Crippen MR) is 113 cm³/mol. The summed E-state index contributed by atoms with van der Waals surface area (Å²) >= 11 is 7.64. The van der Waals surface area contributed by atoms with E-state index in [4.69, 9.17) is 11.6 Å². The van der Waals surface area contributed by atoms with E-state index in [1.54, 1.807) is 11.8 Å². The highest BCUT2D eigenvalue weighted by molar-refractivity contribution is 7.98. The van der Waals surface area contributed by atoms with Gasteiger partial charge in [-0.1, -0.05) is 54.1 Å². The van der Waals surface area contributed by atoms with E-state index in [-0.39, 0.29) is 6.42 Å². The van der Waals surface area contributed by atoms with Gasteiger partial charge in [-0.25, -0.2) is 0 Å². The Morgan fingerprint density at radius 3 is 2.48 bits per heavy atom. The molecule has 136 valence electrons. The van der Waals surface area contributed by atoms with Crippen molar-refractivity contribution in [1.29, 1.82) is 0 Å². The maximum absolute atomic E-state index is 11.3. The van der Waals surface area contributed by atoms with Crippen LogP contribution in [0.15, 0.2) is 65.6 Å². The van der Waals surface area contributed by atoms with Crippen LogP contribution in [-0.2, 0) is 17.8 Å². The van der Waals surface area contributed by atoms with Crippen LogP contribution in [0.3, 0.4) is 0 Å². The van der Waals surface area contributed by atoms with Crippen LogP contribution >= 0.6 is 23.4 Å². The van der Waals surface area contributed by atoms with Crippen molar-refractivity contribution in [2.24, 2.45) is 0 Å². The number of aromatic nitrogens is 1. The predicted octanol–water partition coefficient (Wildman–Crippen LogP) is 5.85. The zero-order valence-corrected chi connectivity index (χ0v) is 16.3. The number of carboxylic acids is 1. The molecule has 0 saturated heterocycles. The number of para-hydroxylation sites is 1. The van der Waals surface area contributed by atoms with Crippen molar-refractivity contribution in [3.05, 3.63) is 76.8 Å². The van der Waals surface area contributed by atoms with Crippen LogP contribution in [0.1, 0.15) is 11.1 Å². The summed E-state index contributed by atoms with van der Waals surface area (Å²) in [6, 6.07) is 20.2. The van der Waals surface area contributed by atoms with Crippen molar-refractivity contribution < 1.29 is 9.90 Å². The topological polar surface area (TPSA) is 42.2 Å². The summed E-state index contributed by atoms with van der Waals surface area (Å²) in [6.07, 6.45) is 2.03. The van der Waals surface area contributed by atoms with Crippen molar-refractivity contribution in [3.8, 4) is 0 Å². The first-order chi connectivity index (χ1) is 13.1. The molecule has 0 atom stereocenters. The number of rotatable bonds is 5. The fraction of sp³-hybridized carbons (Fsp3) is 0.136. The second-order valence-corrected chi connectivity index (χ2v) is 7.71. The standard InChI is InChI=1S/C22H18ClNO2S/c1-27-22-15(12-20(25)26)8-11-18-17-4-2-3-5-19(17)24(21(18)22)13-14-6-9-16(23)10-7-14/h2-11H,12-13H2,1H3,(H,25,26). The van der Waals surface area contributed by atoms with Crippen molar-refractivity contribution in [1.82, 2.24) is 4.57 Å². The molecule has 0 saturated carbocycles. The summed E-state index contributed by atoms with van der Waals surface area (Å²) in [5.41, 5.74) is 4.24. The molecule has 27 heavy (non-hydrogen) atoms. The molecule has 1 aromatic heterocycles. The maximum atomic E-state index is 11.3. The zero-order chi connectivity index (χ0) is 19.0. The third kappa shape index (κ3) is 3.31. The number of nitrogens with zero attached hydrogens (tertiary/aromatic N) is 1. The van der Waals surface area contributed by atoms with E-state index >= 15 is 0 Å². The van der Waals surface area contributed by atoms with E-state index in [1.807, 2.05) is 54.8 Å². The van der Waals surface area contributed by atoms with Crippen LogP contribution in [0.25, 0.3) is 21.8 Å². The number of fused-ring (bicyclic) bond motifs is 3. The lowest BCUT2D eigenvalue weighted by Crippen LogP contribution is -2.04. The number of aliphatic carboxylic acids is 1. The van der Waals surface area contributed by atoms with Crippen LogP contribution in [0.2, 0.25) is 5.02 Å². The lowest BCUT2D eigenvalue weighted by atomic mass is 10.1. The monoisotopic (exact) mass is 395 g/mol. The van der Waals surface area contributed by atoms with Gasteiger partial charge in [-0.15, -0.1) is 11.8 Å². The minimum absolute atomic E-state index is 0.0224. The molecule has 0 aliphatic carbocycles. The van der Waals surface area contributed by atoms with Crippen molar-refractivity contribution in [2.75, 3.05) is 6.26 Å². The van der Waals surface area contributed by atoms with Gasteiger partial charge in [0.05, 0.1) is 11.9 Å². The third-order valence-corrected chi connectivity index (χ3v) is 5.88. The lowest BCUT2D eigenvalue weighted by molar-refractivity contribution is -0.136. The van der Waals surface area contributed by atoms with E-state index < -0.39 is 5.97 Å². The summed E-state index contributed by atoms with van der Waals surface area (Å²) in [7, 11) is 0. The van der Waals surface area contributed by atoms with E-state index in [9.17, 15) is 9.90 Å². The average Bonchev–Trinajstić information content (AvgIpc) is 2.97. The lowest BCUT2D eigenvalue weighted by Gasteiger charge is -2.13. The Morgan fingerprint density at radius 1 is 1.04 bits per heavy atom. The Kier molecular flexibility index (Phi) is 4.85. The normalized spacial score (nSPS) is 11.3. The molecule has 0 spiro atoms. The molecule has 0 fully saturated rings. The first-order valence-electron chi connectivity index (χ1n) is 8.61. The molecule has 1 N–H and O–H groups in total. The SMILES string of the molecule is CSc1c(CC(=O)O)ccc2c3ccccc3n(Cc3ccc(Cl)cc3)c12. The molecule has 0 unspecified atom stereocenters. The number of halogens is 1. The van der Waals surface area contributed by atoms with Gasteiger partial charge in [-0.05, 0) is 35.6 Å². The largest absolute Gasteiger partial charge is 0.481 e. The van der Waals surface area contributed by atoms with Crippen LogP contribution in [0, 0.1) is 0 Å². The Hall–Kier alpha value is -2.43. The highest BCUT2D eigenvalue weighted by atomic mass is 35.5. The van der Waals surface area contributed by atoms with Gasteiger partial charge in [0.25, 0.3) is 0 Å². The molecular formula is C22H18ClNO2S. The molecule has 5 heteroatoms. The summed E-state index contributed by atoms with van der Waals surface area (Å²) in [4.78, 5) is 12.4. The minimum atomic E-state index is -0.815. The molecule has 3 nitrogen and oxygen atoms in total. The molecule has 3 aromatic carbocycles. The van der Waals surface area contributed by atoms with Crippen LogP contribution in [0.5, 0.6) is 0 Å². The average molecular weight is 396 g/mol. The number of hydrogen-bond acceptors (Lipinski definition) is 2. The fourth-order valence-electron chi connectivity index (χ4n) is 3.62. The maximum Gasteiger partial charge on any atom is 0.307 e. The number of carboxylic acid groups (broad SMARTS) is 1. The van der Waals surface area contributed by atoms with E-state index in [0.717, 1.165) is 37.5 Å². The third-order valence-electron chi connectivity index (χ3n) is 4.77. The van der Waals surface area contributed by atoms with Crippen LogP contribution in [0.4, 0.5) is 0 Å². The first kappa shape index (κ1) is 18.0. The Bertz CT molecular complexity index is 1150. The van der Waals surface area contributed by atoms with Gasteiger partial charge in [0.15, 0.2) is 0 Å². The quantitative estimate of drug-likeness (QED) is 0.431. The highest BCUT2D eigenvalue weighted by Crippen LogP contribution is 2.37. The van der Waals surface area contributed by atoms with Gasteiger partial charge < -0.3 is 9.67 Å². The van der Waals surface area contributed by atoms with E-state index in [1.165, 1.54) is 5.39 Å². The summed E-state index contributed by atoms with van der Waals surface area (Å²) in [6.45, 7) is 0.700.